The highest BCUT2D eigenvalue weighted by Crippen LogP contribution is 1.86. The number of nitrogens with zero attached hydrogens (tertiary/aromatic N) is 4. The Hall–Kier alpha value is -1.63. The monoisotopic (exact) mass is 225 g/mol. The van der Waals surface area contributed by atoms with E-state index in [0.717, 1.165) is 32.5 Å². The summed E-state index contributed by atoms with van der Waals surface area (Å²) in [6.45, 7) is 4.48. The minimum absolute atomic E-state index is 0.639. The fraction of sp³-hybridized carbons (Fsp3) is 0.667. The van der Waals surface area contributed by atoms with Gasteiger partial charge in [-0.15, -0.1) is 5.10 Å². The van der Waals surface area contributed by atoms with Crippen molar-refractivity contribution < 1.29 is 0 Å². The van der Waals surface area contributed by atoms with E-state index in [4.69, 9.17) is 5.84 Å². The molecule has 1 rings (SSSR count). The van der Waals surface area contributed by atoms with E-state index < -0.39 is 0 Å². The molecule has 0 bridgehead atoms. The van der Waals surface area contributed by atoms with E-state index in [9.17, 15) is 0 Å². The summed E-state index contributed by atoms with van der Waals surface area (Å²) in [6.07, 6.45) is 5.46. The van der Waals surface area contributed by atoms with E-state index >= 15 is 0 Å². The molecule has 16 heavy (non-hydrogen) atoms. The predicted octanol–water partition coefficient (Wildman–Crippen LogP) is -0.513. The first-order valence-corrected chi connectivity index (χ1v) is 5.46. The second-order valence-corrected chi connectivity index (χ2v) is 3.32. The van der Waals surface area contributed by atoms with Crippen LogP contribution in [0.3, 0.4) is 0 Å². The largest absolute Gasteiger partial charge is 0.355 e. The van der Waals surface area contributed by atoms with Gasteiger partial charge >= 0.3 is 0 Å². The zero-order valence-electron chi connectivity index (χ0n) is 9.56. The van der Waals surface area contributed by atoms with Crippen LogP contribution in [0.2, 0.25) is 0 Å². The van der Waals surface area contributed by atoms with Crippen LogP contribution in [-0.2, 0) is 6.54 Å². The van der Waals surface area contributed by atoms with Crippen LogP contribution in [0.4, 0.5) is 0 Å². The molecule has 0 aliphatic carbocycles. The molecule has 1 aromatic rings. The van der Waals surface area contributed by atoms with E-state index in [0.29, 0.717) is 5.96 Å². The molecule has 0 aliphatic rings. The summed E-state index contributed by atoms with van der Waals surface area (Å²) in [4.78, 5) is 4.23. The standard InChI is InChI=1S/C9H19N7/c1-2-4-11-9(14-10)12-5-3-7-16-8-6-13-15-16/h6,8H,2-5,7,10H2,1H3,(H2,11,12,14). The molecule has 0 amide bonds. The fourth-order valence-corrected chi connectivity index (χ4v) is 1.18. The van der Waals surface area contributed by atoms with E-state index in [1.807, 2.05) is 6.20 Å². The Morgan fingerprint density at radius 1 is 1.56 bits per heavy atom. The molecular weight excluding hydrogens is 206 g/mol. The van der Waals surface area contributed by atoms with Crippen LogP contribution in [0.5, 0.6) is 0 Å². The second-order valence-electron chi connectivity index (χ2n) is 3.32. The molecule has 90 valence electrons. The van der Waals surface area contributed by atoms with Gasteiger partial charge in [0, 0.05) is 25.8 Å². The third-order valence-corrected chi connectivity index (χ3v) is 1.96. The molecule has 0 saturated carbocycles. The number of hydrogen-bond acceptors (Lipinski definition) is 4. The number of aromatic nitrogens is 3. The Kier molecular flexibility index (Phi) is 5.94. The highest BCUT2D eigenvalue weighted by atomic mass is 15.4. The molecule has 1 aromatic heterocycles. The SMILES string of the molecule is CCCN=C(NN)NCCCn1ccnn1. The minimum atomic E-state index is 0.639. The summed E-state index contributed by atoms with van der Waals surface area (Å²) >= 11 is 0. The van der Waals surface area contributed by atoms with E-state index in [1.165, 1.54) is 0 Å². The number of guanidine groups is 1. The average molecular weight is 225 g/mol. The Balaban J connectivity index is 2.13. The van der Waals surface area contributed by atoms with Crippen molar-refractivity contribution in [1.29, 1.82) is 0 Å². The molecule has 7 nitrogen and oxygen atoms in total. The second kappa shape index (κ2) is 7.63. The van der Waals surface area contributed by atoms with Crippen LogP contribution in [0.25, 0.3) is 0 Å². The Labute approximate surface area is 95.1 Å². The van der Waals surface area contributed by atoms with Gasteiger partial charge in [-0.25, -0.2) is 5.84 Å². The van der Waals surface area contributed by atoms with Gasteiger partial charge in [0.1, 0.15) is 0 Å². The molecule has 0 aliphatic heterocycles. The number of aryl methyl sites for hydroxylation is 1. The lowest BCUT2D eigenvalue weighted by Gasteiger charge is -2.08. The third kappa shape index (κ3) is 4.74. The zero-order chi connectivity index (χ0) is 11.6. The number of nitrogens with one attached hydrogen (secondary N) is 2. The Morgan fingerprint density at radius 2 is 2.44 bits per heavy atom. The maximum Gasteiger partial charge on any atom is 0.205 e. The molecule has 0 aromatic carbocycles. The lowest BCUT2D eigenvalue weighted by atomic mass is 10.4. The number of hydrazine groups is 1. The maximum atomic E-state index is 5.32. The van der Waals surface area contributed by atoms with E-state index in [1.54, 1.807) is 10.9 Å². The number of aliphatic imine (C=N–C) groups is 1. The van der Waals surface area contributed by atoms with Crippen LogP contribution in [0, 0.1) is 0 Å². The van der Waals surface area contributed by atoms with Crippen molar-refractivity contribution >= 4 is 5.96 Å². The lowest BCUT2D eigenvalue weighted by Crippen LogP contribution is -2.42. The molecule has 0 saturated heterocycles. The topological polar surface area (TPSA) is 93.2 Å². The number of rotatable bonds is 6. The Morgan fingerprint density at radius 3 is 3.06 bits per heavy atom. The van der Waals surface area contributed by atoms with Gasteiger partial charge in [-0.1, -0.05) is 12.1 Å². The first-order valence-electron chi connectivity index (χ1n) is 5.46. The van der Waals surface area contributed by atoms with Crippen LogP contribution < -0.4 is 16.6 Å². The van der Waals surface area contributed by atoms with Gasteiger partial charge in [-0.05, 0) is 12.8 Å². The van der Waals surface area contributed by atoms with Gasteiger partial charge in [-0.2, -0.15) is 0 Å². The van der Waals surface area contributed by atoms with Crippen LogP contribution in [0.1, 0.15) is 19.8 Å². The highest BCUT2D eigenvalue weighted by Gasteiger charge is 1.95. The molecule has 1 heterocycles. The molecule has 0 radical (unpaired) electrons. The third-order valence-electron chi connectivity index (χ3n) is 1.96. The average Bonchev–Trinajstić information content (AvgIpc) is 2.81. The van der Waals surface area contributed by atoms with Crippen LogP contribution in [-0.4, -0.2) is 34.0 Å². The summed E-state index contributed by atoms with van der Waals surface area (Å²) < 4.78 is 1.79. The van der Waals surface area contributed by atoms with Crippen LogP contribution in [0.15, 0.2) is 17.4 Å². The lowest BCUT2D eigenvalue weighted by molar-refractivity contribution is 0.552. The Bertz CT molecular complexity index is 293. The van der Waals surface area contributed by atoms with Crippen molar-refractivity contribution in [1.82, 2.24) is 25.7 Å². The summed E-state index contributed by atoms with van der Waals surface area (Å²) in [5.41, 5.74) is 2.53. The van der Waals surface area contributed by atoms with Crippen molar-refractivity contribution in [3.8, 4) is 0 Å². The van der Waals surface area contributed by atoms with Crippen molar-refractivity contribution in [2.24, 2.45) is 10.8 Å². The van der Waals surface area contributed by atoms with Gasteiger partial charge in [0.25, 0.3) is 0 Å². The van der Waals surface area contributed by atoms with Gasteiger partial charge < -0.3 is 5.32 Å². The maximum absolute atomic E-state index is 5.32. The minimum Gasteiger partial charge on any atom is -0.355 e. The predicted molar refractivity (Wildman–Crippen MR) is 62.6 cm³/mol. The molecule has 4 N–H and O–H groups in total. The zero-order valence-corrected chi connectivity index (χ0v) is 9.56. The number of hydrogen-bond donors (Lipinski definition) is 3. The van der Waals surface area contributed by atoms with E-state index in [2.05, 4.69) is 33.0 Å². The van der Waals surface area contributed by atoms with E-state index in [-0.39, 0.29) is 0 Å². The molecule has 0 spiro atoms. The first-order chi connectivity index (χ1) is 7.86. The van der Waals surface area contributed by atoms with Gasteiger partial charge in [0.2, 0.25) is 5.96 Å². The van der Waals surface area contributed by atoms with Crippen molar-refractivity contribution in [2.75, 3.05) is 13.1 Å². The fourth-order valence-electron chi connectivity index (χ4n) is 1.18. The van der Waals surface area contributed by atoms with Crippen molar-refractivity contribution in [3.05, 3.63) is 12.4 Å². The smallest absolute Gasteiger partial charge is 0.205 e. The van der Waals surface area contributed by atoms with Crippen LogP contribution >= 0.6 is 0 Å². The summed E-state index contributed by atoms with van der Waals surface area (Å²) in [7, 11) is 0. The molecule has 0 atom stereocenters. The number of nitrogens with two attached hydrogens (primary N) is 1. The van der Waals surface area contributed by atoms with Gasteiger partial charge in [0.15, 0.2) is 0 Å². The molecule has 7 heteroatoms. The van der Waals surface area contributed by atoms with Gasteiger partial charge in [-0.3, -0.25) is 15.1 Å². The molecule has 0 unspecified atom stereocenters. The van der Waals surface area contributed by atoms with Crippen molar-refractivity contribution in [2.45, 2.75) is 26.3 Å². The summed E-state index contributed by atoms with van der Waals surface area (Å²) in [6, 6.07) is 0. The normalized spacial score (nSPS) is 11.5. The summed E-state index contributed by atoms with van der Waals surface area (Å²) in [5, 5.41) is 10.7. The first kappa shape index (κ1) is 12.4. The molecule has 0 fully saturated rings. The molecular formula is C9H19N7. The quantitative estimate of drug-likeness (QED) is 0.199. The highest BCUT2D eigenvalue weighted by molar-refractivity contribution is 5.79. The van der Waals surface area contributed by atoms with Crippen molar-refractivity contribution in [3.63, 3.8) is 0 Å². The summed E-state index contributed by atoms with van der Waals surface area (Å²) in [5.74, 6) is 5.96. The van der Waals surface area contributed by atoms with Gasteiger partial charge in [0.05, 0.1) is 6.20 Å².